The van der Waals surface area contributed by atoms with Crippen LogP contribution in [-0.4, -0.2) is 42.6 Å². The maximum absolute atomic E-state index is 13.1. The highest BCUT2D eigenvalue weighted by atomic mass is 19.1. The number of nitrogens with one attached hydrogen (secondary N) is 1. The van der Waals surface area contributed by atoms with Gasteiger partial charge in [0, 0.05) is 25.6 Å². The molecule has 5 nitrogen and oxygen atoms in total. The Morgan fingerprint density at radius 2 is 2.09 bits per heavy atom. The Morgan fingerprint density at radius 1 is 1.35 bits per heavy atom. The molecule has 126 valence electrons. The average Bonchev–Trinajstić information content (AvgIpc) is 2.54. The van der Waals surface area contributed by atoms with Crippen LogP contribution < -0.4 is 5.32 Å². The molecule has 0 bridgehead atoms. The van der Waals surface area contributed by atoms with Crippen molar-refractivity contribution >= 4 is 12.0 Å². The summed E-state index contributed by atoms with van der Waals surface area (Å²) >= 11 is 0. The number of piperidine rings is 1. The van der Waals surface area contributed by atoms with Crippen molar-refractivity contribution in [2.24, 2.45) is 0 Å². The van der Waals surface area contributed by atoms with E-state index in [1.54, 1.807) is 17.9 Å². The van der Waals surface area contributed by atoms with E-state index in [1.165, 1.54) is 12.1 Å². The fraction of sp³-hybridized carbons (Fsp3) is 0.529. The lowest BCUT2D eigenvalue weighted by Crippen LogP contribution is -2.46. The smallest absolute Gasteiger partial charge is 0.409 e. The Labute approximate surface area is 135 Å². The van der Waals surface area contributed by atoms with Gasteiger partial charge in [0.1, 0.15) is 5.82 Å². The van der Waals surface area contributed by atoms with Gasteiger partial charge in [-0.05, 0) is 43.9 Å². The van der Waals surface area contributed by atoms with E-state index in [4.69, 9.17) is 4.74 Å². The van der Waals surface area contributed by atoms with Crippen LogP contribution in [-0.2, 0) is 16.0 Å². The summed E-state index contributed by atoms with van der Waals surface area (Å²) in [6.45, 7) is 3.33. The number of rotatable bonds is 5. The zero-order chi connectivity index (χ0) is 16.7. The Balaban J connectivity index is 1.69. The number of hydrogen-bond acceptors (Lipinski definition) is 3. The lowest BCUT2D eigenvalue weighted by molar-refractivity contribution is -0.122. The largest absolute Gasteiger partial charge is 0.450 e. The van der Waals surface area contributed by atoms with Crippen LogP contribution in [0.5, 0.6) is 0 Å². The van der Waals surface area contributed by atoms with E-state index in [9.17, 15) is 14.0 Å². The SMILES string of the molecule is CCOC(=O)N1CCC(NC(=O)CCc2cccc(F)c2)CC1. The van der Waals surface area contributed by atoms with Gasteiger partial charge in [-0.2, -0.15) is 0 Å². The highest BCUT2D eigenvalue weighted by Crippen LogP contribution is 2.12. The van der Waals surface area contributed by atoms with Crippen molar-refractivity contribution in [1.82, 2.24) is 10.2 Å². The standard InChI is InChI=1S/C17H23FN2O3/c1-2-23-17(22)20-10-8-15(9-11-20)19-16(21)7-6-13-4-3-5-14(18)12-13/h3-5,12,15H,2,6-11H2,1H3,(H,19,21). The molecule has 0 aliphatic carbocycles. The third-order valence-corrected chi connectivity index (χ3v) is 3.92. The number of likely N-dealkylation sites (tertiary alicyclic amines) is 1. The fourth-order valence-electron chi connectivity index (χ4n) is 2.67. The van der Waals surface area contributed by atoms with Gasteiger partial charge in [-0.25, -0.2) is 9.18 Å². The number of carbonyl (C=O) groups is 2. The van der Waals surface area contributed by atoms with Crippen molar-refractivity contribution < 1.29 is 18.7 Å². The summed E-state index contributed by atoms with van der Waals surface area (Å²) in [5, 5.41) is 2.98. The molecule has 1 fully saturated rings. The second-order valence-corrected chi connectivity index (χ2v) is 5.66. The van der Waals surface area contributed by atoms with Crippen LogP contribution in [0.4, 0.5) is 9.18 Å². The zero-order valence-electron chi connectivity index (χ0n) is 13.4. The van der Waals surface area contributed by atoms with E-state index >= 15 is 0 Å². The summed E-state index contributed by atoms with van der Waals surface area (Å²) in [5.41, 5.74) is 0.817. The van der Waals surface area contributed by atoms with Gasteiger partial charge in [0.25, 0.3) is 0 Å². The van der Waals surface area contributed by atoms with E-state index < -0.39 is 0 Å². The van der Waals surface area contributed by atoms with Gasteiger partial charge in [0.15, 0.2) is 0 Å². The molecule has 2 amide bonds. The van der Waals surface area contributed by atoms with Crippen LogP contribution in [0.25, 0.3) is 0 Å². The second kappa shape index (κ2) is 8.50. The first-order valence-corrected chi connectivity index (χ1v) is 8.04. The van der Waals surface area contributed by atoms with Crippen molar-refractivity contribution in [2.75, 3.05) is 19.7 Å². The van der Waals surface area contributed by atoms with Gasteiger partial charge in [-0.15, -0.1) is 0 Å². The molecule has 2 rings (SSSR count). The van der Waals surface area contributed by atoms with E-state index in [1.807, 2.05) is 6.07 Å². The van der Waals surface area contributed by atoms with Gasteiger partial charge in [0.05, 0.1) is 6.61 Å². The van der Waals surface area contributed by atoms with E-state index in [0.29, 0.717) is 32.5 Å². The van der Waals surface area contributed by atoms with Crippen LogP contribution >= 0.6 is 0 Å². The summed E-state index contributed by atoms with van der Waals surface area (Å²) in [5.74, 6) is -0.321. The van der Waals surface area contributed by atoms with Gasteiger partial charge in [-0.1, -0.05) is 12.1 Å². The van der Waals surface area contributed by atoms with Gasteiger partial charge in [-0.3, -0.25) is 4.79 Å². The zero-order valence-corrected chi connectivity index (χ0v) is 13.4. The van der Waals surface area contributed by atoms with Crippen LogP contribution in [0.3, 0.4) is 0 Å². The number of amides is 2. The molecular weight excluding hydrogens is 299 g/mol. The molecule has 1 aliphatic heterocycles. The molecule has 1 aliphatic rings. The van der Waals surface area contributed by atoms with Crippen molar-refractivity contribution in [3.63, 3.8) is 0 Å². The van der Waals surface area contributed by atoms with Crippen molar-refractivity contribution in [3.05, 3.63) is 35.6 Å². The number of aryl methyl sites for hydroxylation is 1. The summed E-state index contributed by atoms with van der Waals surface area (Å²) in [6, 6.07) is 6.38. The number of hydrogen-bond donors (Lipinski definition) is 1. The van der Waals surface area contributed by atoms with Gasteiger partial charge < -0.3 is 15.0 Å². The molecule has 1 aromatic rings. The molecule has 6 heteroatoms. The minimum Gasteiger partial charge on any atom is -0.450 e. The maximum atomic E-state index is 13.1. The van der Waals surface area contributed by atoms with Crippen LogP contribution in [0.1, 0.15) is 31.7 Å². The van der Waals surface area contributed by atoms with Gasteiger partial charge in [0.2, 0.25) is 5.91 Å². The Morgan fingerprint density at radius 3 is 2.74 bits per heavy atom. The molecule has 1 N–H and O–H groups in total. The number of benzene rings is 1. The lowest BCUT2D eigenvalue weighted by Gasteiger charge is -2.31. The van der Waals surface area contributed by atoms with Crippen LogP contribution in [0.2, 0.25) is 0 Å². The fourth-order valence-corrected chi connectivity index (χ4v) is 2.67. The molecule has 0 unspecified atom stereocenters. The monoisotopic (exact) mass is 322 g/mol. The third kappa shape index (κ3) is 5.54. The molecule has 1 heterocycles. The topological polar surface area (TPSA) is 58.6 Å². The third-order valence-electron chi connectivity index (χ3n) is 3.92. The molecule has 0 atom stereocenters. The van der Waals surface area contributed by atoms with Gasteiger partial charge >= 0.3 is 6.09 Å². The quantitative estimate of drug-likeness (QED) is 0.906. The molecule has 1 saturated heterocycles. The molecular formula is C17H23FN2O3. The predicted molar refractivity (Wildman–Crippen MR) is 84.5 cm³/mol. The number of halogens is 1. The lowest BCUT2D eigenvalue weighted by atomic mass is 10.0. The Hall–Kier alpha value is -2.11. The van der Waals surface area contributed by atoms with Crippen molar-refractivity contribution in [2.45, 2.75) is 38.6 Å². The molecule has 0 aromatic heterocycles. The average molecular weight is 322 g/mol. The predicted octanol–water partition coefficient (Wildman–Crippen LogP) is 2.50. The van der Waals surface area contributed by atoms with Crippen molar-refractivity contribution in [3.8, 4) is 0 Å². The number of ether oxygens (including phenoxy) is 1. The highest BCUT2D eigenvalue weighted by Gasteiger charge is 2.24. The molecule has 0 radical (unpaired) electrons. The summed E-state index contributed by atoms with van der Waals surface area (Å²) in [7, 11) is 0. The first kappa shape index (κ1) is 17.2. The number of carbonyl (C=O) groups excluding carboxylic acids is 2. The second-order valence-electron chi connectivity index (χ2n) is 5.66. The summed E-state index contributed by atoms with van der Waals surface area (Å²) in [4.78, 5) is 25.2. The molecule has 1 aromatic carbocycles. The Kier molecular flexibility index (Phi) is 6.38. The number of nitrogens with zero attached hydrogens (tertiary/aromatic N) is 1. The molecule has 0 saturated carbocycles. The van der Waals surface area contributed by atoms with Crippen LogP contribution in [0.15, 0.2) is 24.3 Å². The van der Waals surface area contributed by atoms with E-state index in [-0.39, 0.29) is 23.9 Å². The van der Waals surface area contributed by atoms with Crippen LogP contribution in [0, 0.1) is 5.82 Å². The summed E-state index contributed by atoms with van der Waals surface area (Å²) in [6.07, 6.45) is 2.02. The Bertz CT molecular complexity index is 542. The van der Waals surface area contributed by atoms with Crippen molar-refractivity contribution in [1.29, 1.82) is 0 Å². The first-order valence-electron chi connectivity index (χ1n) is 8.04. The van der Waals surface area contributed by atoms with E-state index in [0.717, 1.165) is 18.4 Å². The first-order chi connectivity index (χ1) is 11.1. The summed E-state index contributed by atoms with van der Waals surface area (Å²) < 4.78 is 18.0. The molecule has 23 heavy (non-hydrogen) atoms. The normalized spacial score (nSPS) is 15.3. The molecule has 0 spiro atoms. The maximum Gasteiger partial charge on any atom is 0.409 e. The van der Waals surface area contributed by atoms with E-state index in [2.05, 4.69) is 5.32 Å². The highest BCUT2D eigenvalue weighted by molar-refractivity contribution is 5.76. The minimum atomic E-state index is -0.289. The minimum absolute atomic E-state index is 0.0381.